The second kappa shape index (κ2) is 10.1. The molecule has 0 saturated carbocycles. The number of hydrogen-bond acceptors (Lipinski definition) is 5. The molecule has 3 rings (SSSR count). The quantitative estimate of drug-likeness (QED) is 0.470. The van der Waals surface area contributed by atoms with Gasteiger partial charge in [-0.05, 0) is 55.3 Å². The molecule has 2 aromatic carbocycles. The van der Waals surface area contributed by atoms with Crippen LogP contribution in [-0.2, 0) is 17.9 Å². The predicted octanol–water partition coefficient (Wildman–Crippen LogP) is 4.97. The van der Waals surface area contributed by atoms with Gasteiger partial charge in [-0.25, -0.2) is 0 Å². The average molecular weight is 471 g/mol. The van der Waals surface area contributed by atoms with E-state index >= 15 is 0 Å². The lowest BCUT2D eigenvalue weighted by atomic mass is 10.1. The molecule has 1 aromatic heterocycles. The fourth-order valence-corrected chi connectivity index (χ4v) is 3.28. The number of aryl methyl sites for hydroxylation is 2. The number of nitrogens with zero attached hydrogens (tertiary/aromatic N) is 1. The van der Waals surface area contributed by atoms with Gasteiger partial charge in [0.1, 0.15) is 12.4 Å². The van der Waals surface area contributed by atoms with Crippen LogP contribution >= 0.6 is 15.9 Å². The lowest BCUT2D eigenvalue weighted by molar-refractivity contribution is -0.116. The molecule has 0 saturated heterocycles. The van der Waals surface area contributed by atoms with E-state index in [1.165, 1.54) is 6.08 Å². The van der Waals surface area contributed by atoms with E-state index in [0.29, 0.717) is 24.7 Å². The highest BCUT2D eigenvalue weighted by atomic mass is 79.9. The Morgan fingerprint density at radius 1 is 1.20 bits per heavy atom. The van der Waals surface area contributed by atoms with Gasteiger partial charge in [0.15, 0.2) is 11.5 Å². The van der Waals surface area contributed by atoms with Gasteiger partial charge in [0.2, 0.25) is 5.91 Å². The molecular formula is C23H23BrN2O4. The molecule has 1 amide bonds. The van der Waals surface area contributed by atoms with Crippen LogP contribution in [-0.4, -0.2) is 18.2 Å². The summed E-state index contributed by atoms with van der Waals surface area (Å²) in [4.78, 5) is 12.1. The zero-order chi connectivity index (χ0) is 21.5. The molecule has 0 radical (unpaired) electrons. The molecule has 6 nitrogen and oxygen atoms in total. The molecule has 30 heavy (non-hydrogen) atoms. The molecule has 0 atom stereocenters. The Balaban J connectivity index is 1.60. The van der Waals surface area contributed by atoms with Crippen LogP contribution in [0, 0.1) is 13.8 Å². The lowest BCUT2D eigenvalue weighted by Gasteiger charge is -2.11. The fraction of sp³-hybridized carbons (Fsp3) is 0.217. The highest BCUT2D eigenvalue weighted by Gasteiger charge is 2.12. The van der Waals surface area contributed by atoms with Gasteiger partial charge in [0.05, 0.1) is 18.4 Å². The molecule has 0 spiro atoms. The molecule has 0 bridgehead atoms. The number of hydrogen-bond donors (Lipinski definition) is 1. The monoisotopic (exact) mass is 470 g/mol. The van der Waals surface area contributed by atoms with Crippen molar-refractivity contribution >= 4 is 27.9 Å². The van der Waals surface area contributed by atoms with Gasteiger partial charge in [0, 0.05) is 17.1 Å². The lowest BCUT2D eigenvalue weighted by Crippen LogP contribution is -2.20. The Bertz CT molecular complexity index is 1040. The maximum atomic E-state index is 12.1. The van der Waals surface area contributed by atoms with Crippen LogP contribution < -0.4 is 14.8 Å². The number of ether oxygens (including phenoxy) is 2. The van der Waals surface area contributed by atoms with Crippen molar-refractivity contribution in [1.82, 2.24) is 10.5 Å². The Morgan fingerprint density at radius 3 is 2.73 bits per heavy atom. The van der Waals surface area contributed by atoms with Crippen LogP contribution in [0.15, 0.2) is 57.5 Å². The number of rotatable bonds is 8. The molecule has 3 aromatic rings. The Kier molecular flexibility index (Phi) is 7.30. The number of methoxy groups -OCH3 is 1. The maximum absolute atomic E-state index is 12.1. The van der Waals surface area contributed by atoms with Gasteiger partial charge in [-0.2, -0.15) is 0 Å². The maximum Gasteiger partial charge on any atom is 0.244 e. The second-order valence-electron chi connectivity index (χ2n) is 6.68. The molecule has 1 N–H and O–H groups in total. The van der Waals surface area contributed by atoms with Gasteiger partial charge >= 0.3 is 0 Å². The van der Waals surface area contributed by atoms with Crippen LogP contribution in [0.1, 0.15) is 28.1 Å². The van der Waals surface area contributed by atoms with Crippen LogP contribution in [0.5, 0.6) is 11.5 Å². The summed E-state index contributed by atoms with van der Waals surface area (Å²) < 4.78 is 17.5. The minimum absolute atomic E-state index is 0.173. The largest absolute Gasteiger partial charge is 0.493 e. The zero-order valence-electron chi connectivity index (χ0n) is 17.1. The van der Waals surface area contributed by atoms with Crippen LogP contribution in [0.4, 0.5) is 0 Å². The molecule has 0 aliphatic carbocycles. The standard InChI is InChI=1S/C23H23BrN2O4/c1-15-20(16(2)30-26-15)14-29-21-9-7-17(12-22(21)28-3)8-10-23(27)25-13-18-5-4-6-19(24)11-18/h4-12H,13-14H2,1-3H3,(H,25,27)/b10-8+. The molecule has 0 fully saturated rings. The SMILES string of the molecule is COc1cc(/C=C/C(=O)NCc2cccc(Br)c2)ccc1OCc1c(C)noc1C. The van der Waals surface area contributed by atoms with Crippen LogP contribution in [0.3, 0.4) is 0 Å². The van der Waals surface area contributed by atoms with Crippen molar-refractivity contribution in [3.8, 4) is 11.5 Å². The first-order chi connectivity index (χ1) is 14.5. The molecular weight excluding hydrogens is 448 g/mol. The van der Waals surface area contributed by atoms with Crippen molar-refractivity contribution in [2.75, 3.05) is 7.11 Å². The Hall–Kier alpha value is -3.06. The first kappa shape index (κ1) is 21.6. The summed E-state index contributed by atoms with van der Waals surface area (Å²) in [5, 5.41) is 6.79. The smallest absolute Gasteiger partial charge is 0.244 e. The van der Waals surface area contributed by atoms with Gasteiger partial charge in [-0.15, -0.1) is 0 Å². The Morgan fingerprint density at radius 2 is 2.03 bits per heavy atom. The summed E-state index contributed by atoms with van der Waals surface area (Å²) in [6.07, 6.45) is 3.23. The van der Waals surface area contributed by atoms with E-state index in [-0.39, 0.29) is 5.91 Å². The van der Waals surface area contributed by atoms with Crippen LogP contribution in [0.2, 0.25) is 0 Å². The van der Waals surface area contributed by atoms with E-state index < -0.39 is 0 Å². The molecule has 0 unspecified atom stereocenters. The summed E-state index contributed by atoms with van der Waals surface area (Å²) in [6, 6.07) is 13.3. The molecule has 7 heteroatoms. The van der Waals surface area contributed by atoms with Gasteiger partial charge < -0.3 is 19.3 Å². The van der Waals surface area contributed by atoms with E-state index in [4.69, 9.17) is 14.0 Å². The number of amides is 1. The summed E-state index contributed by atoms with van der Waals surface area (Å²) in [5.41, 5.74) is 3.57. The number of aromatic nitrogens is 1. The normalized spacial score (nSPS) is 10.9. The summed E-state index contributed by atoms with van der Waals surface area (Å²) in [7, 11) is 1.58. The summed E-state index contributed by atoms with van der Waals surface area (Å²) in [5.74, 6) is 1.75. The minimum Gasteiger partial charge on any atom is -0.493 e. The number of nitrogens with one attached hydrogen (secondary N) is 1. The zero-order valence-corrected chi connectivity index (χ0v) is 18.7. The van der Waals surface area contributed by atoms with E-state index in [1.807, 2.05) is 56.3 Å². The van der Waals surface area contributed by atoms with Crippen molar-refractivity contribution < 1.29 is 18.8 Å². The molecule has 156 valence electrons. The topological polar surface area (TPSA) is 73.6 Å². The number of halogens is 1. The molecule has 1 heterocycles. The fourth-order valence-electron chi connectivity index (χ4n) is 2.83. The highest BCUT2D eigenvalue weighted by molar-refractivity contribution is 9.10. The Labute approximate surface area is 184 Å². The third-order valence-electron chi connectivity index (χ3n) is 4.52. The predicted molar refractivity (Wildman–Crippen MR) is 118 cm³/mol. The molecule has 0 aliphatic rings. The number of carbonyl (C=O) groups is 1. The van der Waals surface area contributed by atoms with Crippen molar-refractivity contribution in [3.05, 3.63) is 81.2 Å². The molecule has 0 aliphatic heterocycles. The van der Waals surface area contributed by atoms with Gasteiger partial charge in [0.25, 0.3) is 0 Å². The van der Waals surface area contributed by atoms with Crippen molar-refractivity contribution in [2.45, 2.75) is 27.0 Å². The van der Waals surface area contributed by atoms with E-state index in [0.717, 1.165) is 32.6 Å². The van der Waals surface area contributed by atoms with Crippen molar-refractivity contribution in [1.29, 1.82) is 0 Å². The third kappa shape index (κ3) is 5.73. The summed E-state index contributed by atoms with van der Waals surface area (Å²) in [6.45, 7) is 4.53. The van der Waals surface area contributed by atoms with Gasteiger partial charge in [-0.1, -0.05) is 39.3 Å². The van der Waals surface area contributed by atoms with E-state index in [1.54, 1.807) is 13.2 Å². The third-order valence-corrected chi connectivity index (χ3v) is 5.02. The van der Waals surface area contributed by atoms with Crippen LogP contribution in [0.25, 0.3) is 6.08 Å². The van der Waals surface area contributed by atoms with Crippen molar-refractivity contribution in [2.24, 2.45) is 0 Å². The first-order valence-corrected chi connectivity index (χ1v) is 10.2. The number of carbonyl (C=O) groups excluding carboxylic acids is 1. The summed E-state index contributed by atoms with van der Waals surface area (Å²) >= 11 is 3.42. The highest BCUT2D eigenvalue weighted by Crippen LogP contribution is 2.30. The van der Waals surface area contributed by atoms with Crippen molar-refractivity contribution in [3.63, 3.8) is 0 Å². The minimum atomic E-state index is -0.173. The average Bonchev–Trinajstić information content (AvgIpc) is 3.07. The first-order valence-electron chi connectivity index (χ1n) is 9.39. The van der Waals surface area contributed by atoms with Gasteiger partial charge in [-0.3, -0.25) is 4.79 Å². The van der Waals surface area contributed by atoms with E-state index in [9.17, 15) is 4.79 Å². The van der Waals surface area contributed by atoms with E-state index in [2.05, 4.69) is 26.4 Å². The number of benzene rings is 2. The second-order valence-corrected chi connectivity index (χ2v) is 7.60.